The van der Waals surface area contributed by atoms with E-state index in [0.29, 0.717) is 34.0 Å². The number of hydrogen-bond acceptors (Lipinski definition) is 8. The highest BCUT2D eigenvalue weighted by Crippen LogP contribution is 2.30. The number of carbonyl (C=O) groups excluding carboxylic acids is 2. The van der Waals surface area contributed by atoms with E-state index in [1.165, 1.54) is 12.8 Å². The molecule has 2 aliphatic carbocycles. The Labute approximate surface area is 341 Å². The number of nitrogens with one attached hydrogen (secondary N) is 2. The van der Waals surface area contributed by atoms with Crippen LogP contribution >= 0.6 is 0 Å². The van der Waals surface area contributed by atoms with E-state index in [1.54, 1.807) is 23.2 Å². The van der Waals surface area contributed by atoms with Gasteiger partial charge in [-0.05, 0) is 91.6 Å². The number of rotatable bonds is 7. The Morgan fingerprint density at radius 2 is 1.12 bits per heavy atom. The number of aromatic nitrogens is 6. The number of amides is 2. The van der Waals surface area contributed by atoms with Crippen molar-refractivity contribution < 1.29 is 18.6 Å². The lowest BCUT2D eigenvalue weighted by atomic mass is 9.96. The van der Waals surface area contributed by atoms with Crippen LogP contribution in [-0.4, -0.2) is 40.9 Å². The molecule has 0 bridgehead atoms. The van der Waals surface area contributed by atoms with Crippen LogP contribution < -0.4 is 21.8 Å². The van der Waals surface area contributed by atoms with Crippen LogP contribution in [0.5, 0.6) is 0 Å². The number of carbonyl (C=O) groups is 2. The molecule has 0 spiro atoms. The quantitative estimate of drug-likeness (QED) is 0.176. The zero-order valence-corrected chi connectivity index (χ0v) is 36.5. The SMILES string of the molecule is Cc1c(C(=O)Nc2c(C)n(C)n(C3CCCCC3)c2=O)noc1C#CC(C)(C)C.Cc1c(C(=O)Nc2c(C)n(C)n(C3CCCCC3)c2=O)noc1C=CC(C)(C)C. The van der Waals surface area contributed by atoms with Crippen molar-refractivity contribution in [3.63, 3.8) is 0 Å². The van der Waals surface area contributed by atoms with Crippen LogP contribution in [0.15, 0.2) is 24.7 Å². The zero-order valence-electron chi connectivity index (χ0n) is 36.5. The van der Waals surface area contributed by atoms with Gasteiger partial charge in [-0.2, -0.15) is 0 Å². The van der Waals surface area contributed by atoms with E-state index in [4.69, 9.17) is 9.05 Å². The molecular weight excluding hydrogens is 737 g/mol. The zero-order chi connectivity index (χ0) is 42.7. The molecule has 0 atom stereocenters. The maximum atomic E-state index is 13.1. The Morgan fingerprint density at radius 3 is 1.55 bits per heavy atom. The standard InChI is InChI=1S/C22H32N4O3.C22H30N4O3/c2*1-14-17(12-13-22(3,4)5)29-24-18(14)20(27)23-19-15(2)25(6)26(21(19)28)16-10-8-7-9-11-16/h12-13,16H,7-11H2,1-6H3,(H,23,27);16H,7-11H2,1-6H3,(H,23,27). The first-order chi connectivity index (χ1) is 27.2. The van der Waals surface area contributed by atoms with Gasteiger partial charge in [0.05, 0.1) is 23.5 Å². The fourth-order valence-electron chi connectivity index (χ4n) is 7.51. The summed E-state index contributed by atoms with van der Waals surface area (Å²) in [7, 11) is 3.74. The molecule has 4 aromatic heterocycles. The number of hydrogen-bond donors (Lipinski definition) is 2. The maximum Gasteiger partial charge on any atom is 0.291 e. The van der Waals surface area contributed by atoms with Crippen molar-refractivity contribution in [2.45, 2.75) is 146 Å². The molecule has 14 nitrogen and oxygen atoms in total. The lowest BCUT2D eigenvalue weighted by Crippen LogP contribution is -2.29. The Morgan fingerprint density at radius 1 is 0.690 bits per heavy atom. The average Bonchev–Trinajstić information content (AvgIpc) is 3.85. The summed E-state index contributed by atoms with van der Waals surface area (Å²) in [5.74, 6) is 6.05. The predicted octanol–water partition coefficient (Wildman–Crippen LogP) is 8.56. The molecule has 4 aromatic rings. The van der Waals surface area contributed by atoms with Crippen molar-refractivity contribution in [1.29, 1.82) is 0 Å². The molecule has 2 saturated carbocycles. The minimum atomic E-state index is -0.461. The van der Waals surface area contributed by atoms with Gasteiger partial charge >= 0.3 is 0 Å². The van der Waals surface area contributed by atoms with Gasteiger partial charge in [-0.3, -0.25) is 28.5 Å². The van der Waals surface area contributed by atoms with Gasteiger partial charge in [-0.1, -0.05) is 81.6 Å². The minimum absolute atomic E-state index is 0.00694. The largest absolute Gasteiger partial charge is 0.356 e. The maximum absolute atomic E-state index is 13.1. The second kappa shape index (κ2) is 17.7. The van der Waals surface area contributed by atoms with Crippen molar-refractivity contribution in [2.24, 2.45) is 24.9 Å². The van der Waals surface area contributed by atoms with E-state index in [9.17, 15) is 19.2 Å². The van der Waals surface area contributed by atoms with Gasteiger partial charge < -0.3 is 19.7 Å². The summed E-state index contributed by atoms with van der Waals surface area (Å²) in [6.45, 7) is 19.5. The Balaban J connectivity index is 0.000000221. The number of anilines is 2. The molecule has 0 saturated heterocycles. The van der Waals surface area contributed by atoms with Crippen molar-refractivity contribution >= 4 is 29.3 Å². The summed E-state index contributed by atoms with van der Waals surface area (Å²) < 4.78 is 17.9. The highest BCUT2D eigenvalue weighted by Gasteiger charge is 2.28. The van der Waals surface area contributed by atoms with Crippen LogP contribution in [0, 0.1) is 50.4 Å². The van der Waals surface area contributed by atoms with Gasteiger partial charge in [0.25, 0.3) is 22.9 Å². The van der Waals surface area contributed by atoms with Crippen LogP contribution in [0.2, 0.25) is 0 Å². The van der Waals surface area contributed by atoms with Gasteiger partial charge in [-0.25, -0.2) is 9.36 Å². The van der Waals surface area contributed by atoms with E-state index in [1.807, 2.05) is 70.2 Å². The number of nitrogens with zero attached hydrogens (tertiary/aromatic N) is 6. The Bertz CT molecular complexity index is 2340. The molecule has 314 valence electrons. The van der Waals surface area contributed by atoms with E-state index in [0.717, 1.165) is 62.8 Å². The summed E-state index contributed by atoms with van der Waals surface area (Å²) >= 11 is 0. The first kappa shape index (κ1) is 43.8. The fraction of sp³-hybridized carbons (Fsp3) is 0.591. The minimum Gasteiger partial charge on any atom is -0.356 e. The average molecular weight is 799 g/mol. The third-order valence-corrected chi connectivity index (χ3v) is 11.1. The predicted molar refractivity (Wildman–Crippen MR) is 226 cm³/mol. The first-order valence-corrected chi connectivity index (χ1v) is 20.5. The first-order valence-electron chi connectivity index (χ1n) is 20.5. The molecule has 14 heteroatoms. The van der Waals surface area contributed by atoms with Gasteiger partial charge in [0.15, 0.2) is 17.1 Å². The molecule has 0 aromatic carbocycles. The summed E-state index contributed by atoms with van der Waals surface area (Å²) in [6.07, 6.45) is 14.8. The van der Waals surface area contributed by atoms with Crippen molar-refractivity contribution in [3.05, 3.63) is 72.2 Å². The molecule has 2 amide bonds. The third kappa shape index (κ3) is 9.85. The lowest BCUT2D eigenvalue weighted by Gasteiger charge is -2.24. The molecular formula is C44H62N8O6. The molecule has 0 aliphatic heterocycles. The fourth-order valence-corrected chi connectivity index (χ4v) is 7.51. The second-order valence-electron chi connectivity index (χ2n) is 18.0. The van der Waals surface area contributed by atoms with Crippen LogP contribution in [-0.2, 0) is 14.1 Å². The van der Waals surface area contributed by atoms with Crippen molar-refractivity contribution in [1.82, 2.24) is 29.0 Å². The van der Waals surface area contributed by atoms with Crippen LogP contribution in [0.25, 0.3) is 6.08 Å². The Hall–Kier alpha value is -5.32. The van der Waals surface area contributed by atoms with E-state index < -0.39 is 11.8 Å². The summed E-state index contributed by atoms with van der Waals surface area (Å²) in [5, 5.41) is 13.4. The van der Waals surface area contributed by atoms with Crippen molar-refractivity contribution in [3.8, 4) is 11.8 Å². The highest BCUT2D eigenvalue weighted by atomic mass is 16.5. The normalized spacial score (nSPS) is 15.5. The molecule has 2 N–H and O–H groups in total. The Kier molecular flexibility index (Phi) is 13.3. The number of allylic oxidation sites excluding steroid dienone is 1. The smallest absolute Gasteiger partial charge is 0.291 e. The van der Waals surface area contributed by atoms with E-state index in [-0.39, 0.29) is 45.4 Å². The van der Waals surface area contributed by atoms with Gasteiger partial charge in [0.1, 0.15) is 11.4 Å². The third-order valence-electron chi connectivity index (χ3n) is 11.1. The van der Waals surface area contributed by atoms with Gasteiger partial charge in [0.2, 0.25) is 5.76 Å². The molecule has 2 fully saturated rings. The molecule has 4 heterocycles. The van der Waals surface area contributed by atoms with Crippen LogP contribution in [0.4, 0.5) is 11.4 Å². The van der Waals surface area contributed by atoms with Crippen LogP contribution in [0.3, 0.4) is 0 Å². The van der Waals surface area contributed by atoms with E-state index >= 15 is 0 Å². The molecule has 6 rings (SSSR count). The van der Waals surface area contributed by atoms with Crippen LogP contribution in [0.1, 0.15) is 173 Å². The van der Waals surface area contributed by atoms with Gasteiger partial charge in [0, 0.05) is 30.6 Å². The molecule has 0 unspecified atom stereocenters. The topological polar surface area (TPSA) is 164 Å². The van der Waals surface area contributed by atoms with Gasteiger partial charge in [-0.15, -0.1) is 0 Å². The van der Waals surface area contributed by atoms with E-state index in [2.05, 4.69) is 53.6 Å². The lowest BCUT2D eigenvalue weighted by molar-refractivity contribution is 0.100. The molecule has 0 radical (unpaired) electrons. The second-order valence-corrected chi connectivity index (χ2v) is 18.0. The molecule has 2 aliphatic rings. The highest BCUT2D eigenvalue weighted by molar-refractivity contribution is 6.05. The van der Waals surface area contributed by atoms with Crippen molar-refractivity contribution in [2.75, 3.05) is 10.6 Å². The summed E-state index contributed by atoms with van der Waals surface area (Å²) in [5.41, 5.74) is 3.14. The summed E-state index contributed by atoms with van der Waals surface area (Å²) in [4.78, 5) is 51.7. The monoisotopic (exact) mass is 798 g/mol. The summed E-state index contributed by atoms with van der Waals surface area (Å²) in [6, 6.07) is 0.368. The molecule has 58 heavy (non-hydrogen) atoms.